The fourth-order valence-corrected chi connectivity index (χ4v) is 1.73. The fourth-order valence-electron chi connectivity index (χ4n) is 1.60. The first kappa shape index (κ1) is 11.8. The maximum Gasteiger partial charge on any atom is 0.240 e. The van der Waals surface area contributed by atoms with Gasteiger partial charge < -0.3 is 9.64 Å². The minimum absolute atomic E-state index is 0.0147. The molecule has 0 N–H and O–H groups in total. The molecule has 1 fully saturated rings. The summed E-state index contributed by atoms with van der Waals surface area (Å²) in [7, 11) is 0. The zero-order valence-corrected chi connectivity index (χ0v) is 9.75. The second-order valence-electron chi connectivity index (χ2n) is 3.82. The lowest BCUT2D eigenvalue weighted by molar-refractivity contribution is -0.143. The van der Waals surface area contributed by atoms with Crippen LogP contribution in [0.1, 0.15) is 27.2 Å². The smallest absolute Gasteiger partial charge is 0.240 e. The van der Waals surface area contributed by atoms with E-state index in [0.29, 0.717) is 13.2 Å². The molecule has 1 heterocycles. The molecule has 82 valence electrons. The van der Waals surface area contributed by atoms with E-state index in [1.807, 2.05) is 11.8 Å². The average molecular weight is 220 g/mol. The number of hydrogen-bond donors (Lipinski definition) is 0. The molecule has 0 spiro atoms. The predicted octanol–water partition coefficient (Wildman–Crippen LogP) is 1.64. The Morgan fingerprint density at radius 1 is 1.71 bits per heavy atom. The largest absolute Gasteiger partial charge is 0.374 e. The maximum absolute atomic E-state index is 11.7. The molecule has 3 atom stereocenters. The summed E-state index contributed by atoms with van der Waals surface area (Å²) < 4.78 is 5.56. The van der Waals surface area contributed by atoms with Gasteiger partial charge in [-0.3, -0.25) is 4.79 Å². The Hall–Kier alpha value is -0.280. The van der Waals surface area contributed by atoms with E-state index < -0.39 is 5.38 Å². The van der Waals surface area contributed by atoms with Crippen LogP contribution in [0, 0.1) is 0 Å². The molecule has 0 aromatic heterocycles. The molecule has 3 unspecified atom stereocenters. The first-order chi connectivity index (χ1) is 6.56. The molecule has 1 saturated heterocycles. The number of halogens is 1. The predicted molar refractivity (Wildman–Crippen MR) is 56.5 cm³/mol. The van der Waals surface area contributed by atoms with Gasteiger partial charge in [-0.2, -0.15) is 0 Å². The van der Waals surface area contributed by atoms with Crippen molar-refractivity contribution in [2.45, 2.75) is 44.7 Å². The monoisotopic (exact) mass is 219 g/mol. The third kappa shape index (κ3) is 2.61. The first-order valence-corrected chi connectivity index (χ1v) is 5.56. The van der Waals surface area contributed by atoms with Crippen molar-refractivity contribution in [3.05, 3.63) is 0 Å². The molecule has 1 amide bonds. The summed E-state index contributed by atoms with van der Waals surface area (Å²) in [5.74, 6) is 0.0147. The van der Waals surface area contributed by atoms with Crippen molar-refractivity contribution >= 4 is 17.5 Å². The van der Waals surface area contributed by atoms with Gasteiger partial charge in [0.05, 0.1) is 18.8 Å². The van der Waals surface area contributed by atoms with Crippen LogP contribution in [0.25, 0.3) is 0 Å². The Bertz CT molecular complexity index is 208. The zero-order chi connectivity index (χ0) is 10.7. The van der Waals surface area contributed by atoms with Crippen LogP contribution in [0.3, 0.4) is 0 Å². The molecular formula is C10H18ClNO2. The van der Waals surface area contributed by atoms with Gasteiger partial charge in [0, 0.05) is 6.54 Å². The Morgan fingerprint density at radius 2 is 2.36 bits per heavy atom. The van der Waals surface area contributed by atoms with Crippen LogP contribution in [0.5, 0.6) is 0 Å². The summed E-state index contributed by atoms with van der Waals surface area (Å²) in [5, 5.41) is -0.437. The minimum atomic E-state index is -0.437. The number of ether oxygens (including phenoxy) is 1. The van der Waals surface area contributed by atoms with E-state index in [2.05, 4.69) is 6.92 Å². The molecule has 0 saturated carbocycles. The van der Waals surface area contributed by atoms with E-state index >= 15 is 0 Å². The van der Waals surface area contributed by atoms with Crippen LogP contribution in [0.15, 0.2) is 0 Å². The van der Waals surface area contributed by atoms with Gasteiger partial charge in [-0.25, -0.2) is 0 Å². The van der Waals surface area contributed by atoms with Crippen LogP contribution < -0.4 is 0 Å². The summed E-state index contributed by atoms with van der Waals surface area (Å²) in [6.07, 6.45) is 1.11. The minimum Gasteiger partial charge on any atom is -0.374 e. The molecule has 0 aliphatic carbocycles. The van der Waals surface area contributed by atoms with Gasteiger partial charge in [-0.15, -0.1) is 11.6 Å². The summed E-state index contributed by atoms with van der Waals surface area (Å²) in [5.41, 5.74) is 0. The second kappa shape index (κ2) is 4.99. The molecule has 1 aliphatic rings. The lowest BCUT2D eigenvalue weighted by Crippen LogP contribution is -2.52. The van der Waals surface area contributed by atoms with Crippen molar-refractivity contribution in [3.8, 4) is 0 Å². The highest BCUT2D eigenvalue weighted by Gasteiger charge is 2.30. The van der Waals surface area contributed by atoms with Crippen LogP contribution >= 0.6 is 11.6 Å². The van der Waals surface area contributed by atoms with Crippen LogP contribution in [-0.2, 0) is 9.53 Å². The third-order valence-corrected chi connectivity index (χ3v) is 2.77. The van der Waals surface area contributed by atoms with E-state index in [0.717, 1.165) is 6.42 Å². The lowest BCUT2D eigenvalue weighted by Gasteiger charge is -2.38. The molecule has 1 rings (SSSR count). The van der Waals surface area contributed by atoms with Crippen LogP contribution in [0.4, 0.5) is 0 Å². The van der Waals surface area contributed by atoms with E-state index in [1.54, 1.807) is 6.92 Å². The van der Waals surface area contributed by atoms with Gasteiger partial charge in [0.15, 0.2) is 0 Å². The SMILES string of the molecule is CCC1CN(C(=O)C(C)Cl)C(C)CO1. The number of rotatable bonds is 2. The number of alkyl halides is 1. The van der Waals surface area contributed by atoms with E-state index in [1.165, 1.54) is 0 Å². The van der Waals surface area contributed by atoms with E-state index in [4.69, 9.17) is 16.3 Å². The summed E-state index contributed by atoms with van der Waals surface area (Å²) in [6.45, 7) is 7.06. The van der Waals surface area contributed by atoms with Gasteiger partial charge in [0.25, 0.3) is 0 Å². The molecule has 4 heteroatoms. The lowest BCUT2D eigenvalue weighted by atomic mass is 10.1. The van der Waals surface area contributed by atoms with Gasteiger partial charge in [-0.05, 0) is 20.3 Å². The van der Waals surface area contributed by atoms with Crippen LogP contribution in [0.2, 0.25) is 0 Å². The Kier molecular flexibility index (Phi) is 4.20. The normalized spacial score (nSPS) is 30.1. The molecule has 1 aliphatic heterocycles. The average Bonchev–Trinajstić information content (AvgIpc) is 2.17. The molecule has 0 bridgehead atoms. The van der Waals surface area contributed by atoms with Crippen molar-refractivity contribution in [1.29, 1.82) is 0 Å². The number of carbonyl (C=O) groups excluding carboxylic acids is 1. The molecule has 3 nitrogen and oxygen atoms in total. The van der Waals surface area contributed by atoms with Crippen molar-refractivity contribution in [2.24, 2.45) is 0 Å². The third-order valence-electron chi connectivity index (χ3n) is 2.58. The van der Waals surface area contributed by atoms with E-state index in [-0.39, 0.29) is 18.1 Å². The van der Waals surface area contributed by atoms with Gasteiger partial charge in [-0.1, -0.05) is 6.92 Å². The van der Waals surface area contributed by atoms with Crippen molar-refractivity contribution < 1.29 is 9.53 Å². The fraction of sp³-hybridized carbons (Fsp3) is 0.900. The highest BCUT2D eigenvalue weighted by Crippen LogP contribution is 2.16. The van der Waals surface area contributed by atoms with Crippen LogP contribution in [-0.4, -0.2) is 41.5 Å². The Balaban J connectivity index is 2.60. The first-order valence-electron chi connectivity index (χ1n) is 5.12. The number of nitrogens with zero attached hydrogens (tertiary/aromatic N) is 1. The second-order valence-corrected chi connectivity index (χ2v) is 4.47. The molecule has 0 aromatic carbocycles. The summed E-state index contributed by atoms with van der Waals surface area (Å²) >= 11 is 5.79. The van der Waals surface area contributed by atoms with Gasteiger partial charge in [0.2, 0.25) is 5.91 Å². The molecular weight excluding hydrogens is 202 g/mol. The van der Waals surface area contributed by atoms with Gasteiger partial charge in [0.1, 0.15) is 5.38 Å². The number of hydrogen-bond acceptors (Lipinski definition) is 2. The molecule has 0 radical (unpaired) electrons. The van der Waals surface area contributed by atoms with Crippen molar-refractivity contribution in [3.63, 3.8) is 0 Å². The molecule has 0 aromatic rings. The Morgan fingerprint density at radius 3 is 2.86 bits per heavy atom. The standard InChI is InChI=1S/C10H18ClNO2/c1-4-9-5-12(7(2)6-14-9)10(13)8(3)11/h7-9H,4-6H2,1-3H3. The number of carbonyl (C=O) groups is 1. The van der Waals surface area contributed by atoms with Crippen molar-refractivity contribution in [1.82, 2.24) is 4.90 Å². The zero-order valence-electron chi connectivity index (χ0n) is 9.00. The quantitative estimate of drug-likeness (QED) is 0.661. The highest BCUT2D eigenvalue weighted by atomic mass is 35.5. The number of amides is 1. The maximum atomic E-state index is 11.7. The van der Waals surface area contributed by atoms with Gasteiger partial charge >= 0.3 is 0 Å². The topological polar surface area (TPSA) is 29.5 Å². The Labute approximate surface area is 90.4 Å². The van der Waals surface area contributed by atoms with Crippen molar-refractivity contribution in [2.75, 3.05) is 13.2 Å². The van der Waals surface area contributed by atoms with E-state index in [9.17, 15) is 4.79 Å². The molecule has 14 heavy (non-hydrogen) atoms. The summed E-state index contributed by atoms with van der Waals surface area (Å²) in [4.78, 5) is 13.5. The highest BCUT2D eigenvalue weighted by molar-refractivity contribution is 6.30. The summed E-state index contributed by atoms with van der Waals surface area (Å²) in [6, 6.07) is 0.145. The number of morpholine rings is 1.